The number of Topliss-reactive ketones (excluding diaryl/α,β-unsaturated/α-hetero) is 1. The Labute approximate surface area is 203 Å². The first kappa shape index (κ1) is 23.1. The quantitative estimate of drug-likeness (QED) is 0.332. The topological polar surface area (TPSA) is 96.6 Å². The van der Waals surface area contributed by atoms with E-state index in [0.29, 0.717) is 54.7 Å². The summed E-state index contributed by atoms with van der Waals surface area (Å²) in [6, 6.07) is 12.0. The number of hydrogen-bond acceptors (Lipinski definition) is 7. The summed E-state index contributed by atoms with van der Waals surface area (Å²) < 4.78 is 12.6. The minimum absolute atomic E-state index is 0.0546. The Morgan fingerprint density at radius 3 is 2.71 bits per heavy atom. The van der Waals surface area contributed by atoms with Gasteiger partial charge >= 0.3 is 0 Å². The maximum atomic E-state index is 13.4. The number of hydrogen-bond donors (Lipinski definition) is 1. The number of morpholine rings is 1. The summed E-state index contributed by atoms with van der Waals surface area (Å²) in [6.45, 7) is 5.55. The van der Waals surface area contributed by atoms with Crippen LogP contribution in [0.1, 0.15) is 23.0 Å². The summed E-state index contributed by atoms with van der Waals surface area (Å²) in [4.78, 5) is 34.9. The molecule has 1 amide bonds. The first-order chi connectivity index (χ1) is 17.0. The molecule has 182 valence electrons. The highest BCUT2D eigenvalue weighted by atomic mass is 16.5. The molecule has 1 aromatic carbocycles. The van der Waals surface area contributed by atoms with Gasteiger partial charge in [0.05, 0.1) is 37.6 Å². The molecule has 2 saturated heterocycles. The molecule has 0 saturated carbocycles. The number of carbonyl (C=O) groups is 2. The number of rotatable bonds is 6. The second-order valence-electron chi connectivity index (χ2n) is 8.70. The van der Waals surface area contributed by atoms with Gasteiger partial charge in [-0.1, -0.05) is 18.2 Å². The van der Waals surface area contributed by atoms with Gasteiger partial charge in [0.25, 0.3) is 11.7 Å². The Bertz CT molecular complexity index is 1310. The van der Waals surface area contributed by atoms with Gasteiger partial charge in [-0.2, -0.15) is 0 Å². The lowest BCUT2D eigenvalue weighted by Gasteiger charge is -2.31. The van der Waals surface area contributed by atoms with Gasteiger partial charge in [-0.15, -0.1) is 0 Å². The average molecular weight is 477 g/mol. The van der Waals surface area contributed by atoms with Gasteiger partial charge in [-0.25, -0.2) is 4.98 Å². The zero-order valence-electron chi connectivity index (χ0n) is 19.8. The predicted octanol–water partition coefficient (Wildman–Crippen LogP) is 2.41. The van der Waals surface area contributed by atoms with Crippen LogP contribution in [0.15, 0.2) is 54.2 Å². The molecule has 0 unspecified atom stereocenters. The standard InChI is InChI=1S/C26H28N4O5/c1-17-22(29-9-4-3-8-20(29)27-17)24(31)21-23(18-6-5-7-19(16-18)34-2)30(26(33)25(21)32)11-10-28-12-14-35-15-13-28/h3-9,16,23,31H,10-15H2,1-2H3/b24-21+/t23-/m0/s1. The number of likely N-dealkylation sites (tertiary alicyclic amines) is 1. The van der Waals surface area contributed by atoms with Crippen LogP contribution in [0.25, 0.3) is 11.4 Å². The number of aliphatic hydroxyl groups excluding tert-OH is 1. The molecule has 0 radical (unpaired) electrons. The van der Waals surface area contributed by atoms with E-state index >= 15 is 0 Å². The van der Waals surface area contributed by atoms with Crippen LogP contribution in [0.2, 0.25) is 0 Å². The highest BCUT2D eigenvalue weighted by Crippen LogP contribution is 2.40. The molecule has 9 heteroatoms. The largest absolute Gasteiger partial charge is 0.505 e. The molecule has 2 aliphatic heterocycles. The van der Waals surface area contributed by atoms with E-state index in [2.05, 4.69) is 9.88 Å². The highest BCUT2D eigenvalue weighted by molar-refractivity contribution is 6.46. The Balaban J connectivity index is 1.62. The van der Waals surface area contributed by atoms with Crippen LogP contribution in [0, 0.1) is 6.92 Å². The van der Waals surface area contributed by atoms with Crippen molar-refractivity contribution in [2.45, 2.75) is 13.0 Å². The summed E-state index contributed by atoms with van der Waals surface area (Å²) in [7, 11) is 1.57. The molecular formula is C26H28N4O5. The Morgan fingerprint density at radius 1 is 1.14 bits per heavy atom. The van der Waals surface area contributed by atoms with Gasteiger partial charge in [0.15, 0.2) is 5.76 Å². The number of aromatic nitrogens is 2. The Morgan fingerprint density at radius 2 is 1.94 bits per heavy atom. The molecule has 35 heavy (non-hydrogen) atoms. The van der Waals surface area contributed by atoms with Gasteiger partial charge in [0, 0.05) is 32.4 Å². The zero-order valence-corrected chi connectivity index (χ0v) is 19.8. The van der Waals surface area contributed by atoms with Gasteiger partial charge in [0.2, 0.25) is 0 Å². The number of fused-ring (bicyclic) bond motifs is 1. The van der Waals surface area contributed by atoms with Crippen molar-refractivity contribution in [3.63, 3.8) is 0 Å². The van der Waals surface area contributed by atoms with Crippen molar-refractivity contribution in [2.75, 3.05) is 46.5 Å². The molecule has 2 aliphatic rings. The number of imidazole rings is 1. The zero-order chi connectivity index (χ0) is 24.5. The molecule has 4 heterocycles. The predicted molar refractivity (Wildman–Crippen MR) is 129 cm³/mol. The van der Waals surface area contributed by atoms with E-state index in [4.69, 9.17) is 9.47 Å². The van der Waals surface area contributed by atoms with Crippen LogP contribution < -0.4 is 4.74 Å². The maximum absolute atomic E-state index is 13.4. The van der Waals surface area contributed by atoms with Crippen LogP contribution in [0.4, 0.5) is 0 Å². The normalized spacial score (nSPS) is 20.6. The number of aryl methyl sites for hydroxylation is 1. The van der Waals surface area contributed by atoms with E-state index in [-0.39, 0.29) is 11.3 Å². The lowest BCUT2D eigenvalue weighted by molar-refractivity contribution is -0.140. The SMILES string of the molecule is COc1cccc([C@H]2/C(=C(\O)c3c(C)nc4ccccn34)C(=O)C(=O)N2CCN2CCOCC2)c1. The number of amides is 1. The van der Waals surface area contributed by atoms with E-state index < -0.39 is 17.7 Å². The molecule has 5 rings (SSSR count). The molecule has 3 aromatic rings. The Kier molecular flexibility index (Phi) is 6.27. The van der Waals surface area contributed by atoms with Crippen molar-refractivity contribution in [3.05, 3.63) is 71.2 Å². The monoisotopic (exact) mass is 476 g/mol. The third kappa shape index (κ3) is 4.17. The summed E-state index contributed by atoms with van der Waals surface area (Å²) in [5, 5.41) is 11.5. The van der Waals surface area contributed by atoms with Crippen molar-refractivity contribution in [3.8, 4) is 5.75 Å². The van der Waals surface area contributed by atoms with E-state index in [1.807, 2.05) is 30.3 Å². The molecule has 0 spiro atoms. The fourth-order valence-electron chi connectivity index (χ4n) is 4.87. The number of ketones is 1. The number of nitrogens with zero attached hydrogens (tertiary/aromatic N) is 4. The number of ether oxygens (including phenoxy) is 2. The third-order valence-electron chi connectivity index (χ3n) is 6.64. The number of methoxy groups -OCH3 is 1. The van der Waals surface area contributed by atoms with Crippen molar-refractivity contribution >= 4 is 23.1 Å². The summed E-state index contributed by atoms with van der Waals surface area (Å²) in [6.07, 6.45) is 1.78. The molecule has 0 bridgehead atoms. The fourth-order valence-corrected chi connectivity index (χ4v) is 4.87. The highest BCUT2D eigenvalue weighted by Gasteiger charge is 2.46. The van der Waals surface area contributed by atoms with Crippen LogP contribution in [0.3, 0.4) is 0 Å². The van der Waals surface area contributed by atoms with Crippen molar-refractivity contribution in [1.29, 1.82) is 0 Å². The number of carbonyl (C=O) groups excluding carboxylic acids is 2. The maximum Gasteiger partial charge on any atom is 0.295 e. The molecule has 2 aromatic heterocycles. The third-order valence-corrected chi connectivity index (χ3v) is 6.64. The van der Waals surface area contributed by atoms with Gasteiger partial charge in [-0.3, -0.25) is 18.9 Å². The fraction of sp³-hybridized carbons (Fsp3) is 0.346. The molecular weight excluding hydrogens is 448 g/mol. The first-order valence-electron chi connectivity index (χ1n) is 11.7. The second-order valence-corrected chi connectivity index (χ2v) is 8.70. The number of aliphatic hydroxyl groups is 1. The van der Waals surface area contributed by atoms with Crippen molar-refractivity contribution in [1.82, 2.24) is 19.2 Å². The van der Waals surface area contributed by atoms with E-state index in [1.165, 1.54) is 0 Å². The average Bonchev–Trinajstić information content (AvgIpc) is 3.35. The summed E-state index contributed by atoms with van der Waals surface area (Å²) in [5.74, 6) is -0.963. The lowest BCUT2D eigenvalue weighted by Crippen LogP contribution is -2.42. The van der Waals surface area contributed by atoms with Crippen LogP contribution in [0.5, 0.6) is 5.75 Å². The Hall–Kier alpha value is -3.69. The molecule has 2 fully saturated rings. The molecule has 1 atom stereocenters. The minimum Gasteiger partial charge on any atom is -0.505 e. The van der Waals surface area contributed by atoms with Crippen molar-refractivity contribution in [2.24, 2.45) is 0 Å². The van der Waals surface area contributed by atoms with Crippen LogP contribution in [-0.2, 0) is 14.3 Å². The van der Waals surface area contributed by atoms with Gasteiger partial charge < -0.3 is 19.5 Å². The first-order valence-corrected chi connectivity index (χ1v) is 11.7. The van der Waals surface area contributed by atoms with Gasteiger partial charge in [-0.05, 0) is 36.8 Å². The molecule has 1 N–H and O–H groups in total. The van der Waals surface area contributed by atoms with Crippen LogP contribution >= 0.6 is 0 Å². The molecule has 0 aliphatic carbocycles. The summed E-state index contributed by atoms with van der Waals surface area (Å²) >= 11 is 0. The van der Waals surface area contributed by atoms with E-state index in [1.54, 1.807) is 41.7 Å². The van der Waals surface area contributed by atoms with Crippen molar-refractivity contribution < 1.29 is 24.2 Å². The minimum atomic E-state index is -0.750. The van der Waals surface area contributed by atoms with Gasteiger partial charge in [0.1, 0.15) is 17.1 Å². The number of pyridine rings is 1. The van der Waals surface area contributed by atoms with Crippen LogP contribution in [-0.4, -0.2) is 82.5 Å². The smallest absolute Gasteiger partial charge is 0.295 e. The summed E-state index contributed by atoms with van der Waals surface area (Å²) in [5.41, 5.74) is 2.36. The second kappa shape index (κ2) is 9.52. The van der Waals surface area contributed by atoms with E-state index in [0.717, 1.165) is 13.1 Å². The van der Waals surface area contributed by atoms with E-state index in [9.17, 15) is 14.7 Å². The lowest BCUT2D eigenvalue weighted by atomic mass is 9.96. The molecule has 9 nitrogen and oxygen atoms in total. The number of benzene rings is 1.